The minimum Gasteiger partial charge on any atom is -0.493 e. The summed E-state index contributed by atoms with van der Waals surface area (Å²) < 4.78 is 5.73. The molecule has 2 aromatic rings. The fourth-order valence-corrected chi connectivity index (χ4v) is 3.29. The van der Waals surface area contributed by atoms with Gasteiger partial charge in [0.2, 0.25) is 0 Å². The minimum atomic E-state index is -0.403. The summed E-state index contributed by atoms with van der Waals surface area (Å²) in [6.07, 6.45) is 1.89. The first-order valence-corrected chi connectivity index (χ1v) is 7.71. The summed E-state index contributed by atoms with van der Waals surface area (Å²) in [6, 6.07) is 16.1. The molecule has 0 fully saturated rings. The largest absolute Gasteiger partial charge is 0.493 e. The summed E-state index contributed by atoms with van der Waals surface area (Å²) in [5.74, 6) is 1.42. The van der Waals surface area contributed by atoms with Gasteiger partial charge in [-0.25, -0.2) is 0 Å². The van der Waals surface area contributed by atoms with Gasteiger partial charge in [0, 0.05) is 10.6 Å². The molecule has 0 saturated carbocycles. The number of hydrogen-bond donors (Lipinski definition) is 1. The third kappa shape index (κ3) is 3.07. The molecule has 2 unspecified atom stereocenters. The molecule has 0 aromatic heterocycles. The molecule has 110 valence electrons. The standard InChI is InChI=1S/C18H20ClNO/c1-18(20,14-5-4-6-15(19)11-14)12-13-9-10-21-17-8-3-2-7-16(13)17/h2-8,11,13H,9-10,12,20H2,1H3. The maximum absolute atomic E-state index is 6.60. The highest BCUT2D eigenvalue weighted by Crippen LogP contribution is 2.40. The van der Waals surface area contributed by atoms with Crippen molar-refractivity contribution in [1.82, 2.24) is 0 Å². The molecule has 1 aliphatic rings. The highest BCUT2D eigenvalue weighted by molar-refractivity contribution is 6.30. The molecule has 3 rings (SSSR count). The van der Waals surface area contributed by atoms with E-state index in [9.17, 15) is 0 Å². The van der Waals surface area contributed by atoms with Gasteiger partial charge in [-0.1, -0.05) is 41.9 Å². The van der Waals surface area contributed by atoms with Crippen molar-refractivity contribution in [3.8, 4) is 5.75 Å². The molecule has 21 heavy (non-hydrogen) atoms. The van der Waals surface area contributed by atoms with Crippen molar-refractivity contribution < 1.29 is 4.74 Å². The average Bonchev–Trinajstić information content (AvgIpc) is 2.47. The van der Waals surface area contributed by atoms with E-state index in [0.29, 0.717) is 5.92 Å². The lowest BCUT2D eigenvalue weighted by molar-refractivity contribution is 0.247. The van der Waals surface area contributed by atoms with Crippen LogP contribution in [0.1, 0.15) is 36.8 Å². The third-order valence-corrected chi connectivity index (χ3v) is 4.47. The second kappa shape index (κ2) is 5.70. The van der Waals surface area contributed by atoms with E-state index in [1.165, 1.54) is 5.56 Å². The van der Waals surface area contributed by atoms with Gasteiger partial charge in [0.15, 0.2) is 0 Å². The number of fused-ring (bicyclic) bond motifs is 1. The quantitative estimate of drug-likeness (QED) is 0.908. The van der Waals surface area contributed by atoms with E-state index >= 15 is 0 Å². The molecule has 1 aliphatic heterocycles. The fourth-order valence-electron chi connectivity index (χ4n) is 3.10. The van der Waals surface area contributed by atoms with E-state index in [1.54, 1.807) is 0 Å². The van der Waals surface area contributed by atoms with Crippen molar-refractivity contribution in [3.63, 3.8) is 0 Å². The van der Waals surface area contributed by atoms with Crippen LogP contribution in [0.15, 0.2) is 48.5 Å². The van der Waals surface area contributed by atoms with E-state index < -0.39 is 5.54 Å². The van der Waals surface area contributed by atoms with Crippen LogP contribution in [0.25, 0.3) is 0 Å². The molecule has 0 radical (unpaired) electrons. The van der Waals surface area contributed by atoms with Crippen molar-refractivity contribution in [2.75, 3.05) is 6.61 Å². The zero-order valence-electron chi connectivity index (χ0n) is 12.2. The van der Waals surface area contributed by atoms with Crippen LogP contribution in [0.3, 0.4) is 0 Å². The van der Waals surface area contributed by atoms with E-state index in [0.717, 1.165) is 35.8 Å². The first-order valence-electron chi connectivity index (χ1n) is 7.33. The molecule has 0 bridgehead atoms. The van der Waals surface area contributed by atoms with Gasteiger partial charge in [-0.3, -0.25) is 0 Å². The number of halogens is 1. The number of nitrogens with two attached hydrogens (primary N) is 1. The second-order valence-corrected chi connectivity index (χ2v) is 6.44. The van der Waals surface area contributed by atoms with Crippen LogP contribution < -0.4 is 10.5 Å². The normalized spacial score (nSPS) is 20.2. The molecule has 0 amide bonds. The van der Waals surface area contributed by atoms with Gasteiger partial charge in [-0.05, 0) is 55.0 Å². The Kier molecular flexibility index (Phi) is 3.92. The Bertz CT molecular complexity index is 639. The second-order valence-electron chi connectivity index (χ2n) is 6.00. The van der Waals surface area contributed by atoms with Crippen LogP contribution in [0, 0.1) is 0 Å². The molecular formula is C18H20ClNO. The first kappa shape index (κ1) is 14.4. The highest BCUT2D eigenvalue weighted by atomic mass is 35.5. The fraction of sp³-hybridized carbons (Fsp3) is 0.333. The summed E-state index contributed by atoms with van der Waals surface area (Å²) in [6.45, 7) is 2.84. The third-order valence-electron chi connectivity index (χ3n) is 4.24. The molecule has 0 saturated heterocycles. The Balaban J connectivity index is 1.86. The maximum Gasteiger partial charge on any atom is 0.122 e. The topological polar surface area (TPSA) is 35.2 Å². The Labute approximate surface area is 130 Å². The Hall–Kier alpha value is -1.51. The molecule has 2 aromatic carbocycles. The smallest absolute Gasteiger partial charge is 0.122 e. The minimum absolute atomic E-state index is 0.403. The molecular weight excluding hydrogens is 282 g/mol. The molecule has 2 atom stereocenters. The van der Waals surface area contributed by atoms with Crippen molar-refractivity contribution in [2.45, 2.75) is 31.2 Å². The van der Waals surface area contributed by atoms with Crippen LogP contribution in [-0.2, 0) is 5.54 Å². The van der Waals surface area contributed by atoms with Crippen molar-refractivity contribution in [1.29, 1.82) is 0 Å². The van der Waals surface area contributed by atoms with E-state index in [1.807, 2.05) is 30.3 Å². The lowest BCUT2D eigenvalue weighted by atomic mass is 9.79. The lowest BCUT2D eigenvalue weighted by Crippen LogP contribution is -2.35. The Morgan fingerprint density at radius 2 is 2.05 bits per heavy atom. The number of benzene rings is 2. The van der Waals surface area contributed by atoms with Crippen LogP contribution in [-0.4, -0.2) is 6.61 Å². The summed E-state index contributed by atoms with van der Waals surface area (Å²) >= 11 is 6.10. The van der Waals surface area contributed by atoms with E-state index in [2.05, 4.69) is 25.1 Å². The molecule has 0 aliphatic carbocycles. The SMILES string of the molecule is CC(N)(CC1CCOc2ccccc21)c1cccc(Cl)c1. The zero-order valence-corrected chi connectivity index (χ0v) is 12.9. The van der Waals surface area contributed by atoms with Crippen LogP contribution in [0.4, 0.5) is 0 Å². The Morgan fingerprint density at radius 3 is 2.86 bits per heavy atom. The van der Waals surface area contributed by atoms with Crippen molar-refractivity contribution in [3.05, 3.63) is 64.7 Å². The number of hydrogen-bond acceptors (Lipinski definition) is 2. The van der Waals surface area contributed by atoms with E-state index in [4.69, 9.17) is 22.1 Å². The maximum atomic E-state index is 6.60. The predicted octanol–water partition coefficient (Wildman–Crippen LogP) is 4.47. The van der Waals surface area contributed by atoms with Gasteiger partial charge in [0.25, 0.3) is 0 Å². The van der Waals surface area contributed by atoms with Gasteiger partial charge in [-0.2, -0.15) is 0 Å². The van der Waals surface area contributed by atoms with Gasteiger partial charge in [0.1, 0.15) is 5.75 Å². The van der Waals surface area contributed by atoms with E-state index in [-0.39, 0.29) is 0 Å². The average molecular weight is 302 g/mol. The van der Waals surface area contributed by atoms with Gasteiger partial charge < -0.3 is 10.5 Å². The van der Waals surface area contributed by atoms with Crippen LogP contribution >= 0.6 is 11.6 Å². The number of rotatable bonds is 3. The first-order chi connectivity index (χ1) is 10.1. The van der Waals surface area contributed by atoms with Crippen LogP contribution in [0.5, 0.6) is 5.75 Å². The molecule has 3 heteroatoms. The summed E-state index contributed by atoms with van der Waals surface area (Å²) in [4.78, 5) is 0. The van der Waals surface area contributed by atoms with Gasteiger partial charge >= 0.3 is 0 Å². The molecule has 2 nitrogen and oxygen atoms in total. The Morgan fingerprint density at radius 1 is 1.24 bits per heavy atom. The highest BCUT2D eigenvalue weighted by Gasteiger charge is 2.30. The number of ether oxygens (including phenoxy) is 1. The van der Waals surface area contributed by atoms with Crippen LogP contribution in [0.2, 0.25) is 5.02 Å². The van der Waals surface area contributed by atoms with Gasteiger partial charge in [-0.15, -0.1) is 0 Å². The molecule has 0 spiro atoms. The van der Waals surface area contributed by atoms with Gasteiger partial charge in [0.05, 0.1) is 6.61 Å². The number of para-hydroxylation sites is 1. The molecule has 2 N–H and O–H groups in total. The molecule has 1 heterocycles. The zero-order chi connectivity index (χ0) is 14.9. The summed E-state index contributed by atoms with van der Waals surface area (Å²) in [5.41, 5.74) is 8.54. The summed E-state index contributed by atoms with van der Waals surface area (Å²) in [7, 11) is 0. The van der Waals surface area contributed by atoms with Crippen molar-refractivity contribution in [2.24, 2.45) is 5.73 Å². The summed E-state index contributed by atoms with van der Waals surface area (Å²) in [5, 5.41) is 0.733. The predicted molar refractivity (Wildman–Crippen MR) is 86.9 cm³/mol. The monoisotopic (exact) mass is 301 g/mol. The van der Waals surface area contributed by atoms with Crippen molar-refractivity contribution >= 4 is 11.6 Å². The lowest BCUT2D eigenvalue weighted by Gasteiger charge is -2.33.